The van der Waals surface area contributed by atoms with Crippen molar-refractivity contribution in [3.8, 4) is 0 Å². The molecule has 0 unspecified atom stereocenters. The summed E-state index contributed by atoms with van der Waals surface area (Å²) >= 11 is 5.28. The van der Waals surface area contributed by atoms with Gasteiger partial charge in [-0.2, -0.15) is 0 Å². The van der Waals surface area contributed by atoms with Gasteiger partial charge in [-0.3, -0.25) is 4.79 Å². The van der Waals surface area contributed by atoms with Crippen molar-refractivity contribution in [1.29, 1.82) is 0 Å². The number of hydrogen-bond acceptors (Lipinski definition) is 2. The summed E-state index contributed by atoms with van der Waals surface area (Å²) in [5.74, 6) is -0.380. The molecule has 0 saturated heterocycles. The Hall–Kier alpha value is -1.69. The van der Waals surface area contributed by atoms with Crippen LogP contribution in [0.4, 0.5) is 10.1 Å². The zero-order valence-corrected chi connectivity index (χ0v) is 13.7. The number of benzene rings is 1. The molecule has 0 aliphatic carbocycles. The second-order valence-corrected chi connectivity index (χ2v) is 5.52. The summed E-state index contributed by atoms with van der Waals surface area (Å²) in [6.07, 6.45) is 0. The number of nitrogens with zero attached hydrogens (tertiary/aromatic N) is 1. The Labute approximate surface area is 130 Å². The summed E-state index contributed by atoms with van der Waals surface area (Å²) < 4.78 is 13.5. The molecule has 0 saturated carbocycles. The van der Waals surface area contributed by atoms with Crippen LogP contribution in [-0.4, -0.2) is 35.1 Å². The monoisotopic (exact) mass is 311 g/mol. The molecule has 0 bridgehead atoms. The Bertz CT molecular complexity index is 520. The highest BCUT2D eigenvalue weighted by Gasteiger charge is 2.13. The Morgan fingerprint density at radius 2 is 2.10 bits per heavy atom. The predicted octanol–water partition coefficient (Wildman–Crippen LogP) is 2.68. The summed E-state index contributed by atoms with van der Waals surface area (Å²) in [5.41, 5.74) is 1.15. The Balaban J connectivity index is 2.66. The maximum atomic E-state index is 13.5. The number of carbonyl (C=O) groups is 1. The third-order valence-electron chi connectivity index (χ3n) is 2.88. The molecule has 1 aromatic rings. The summed E-state index contributed by atoms with van der Waals surface area (Å²) in [5, 5.41) is 6.17. The van der Waals surface area contributed by atoms with E-state index in [4.69, 9.17) is 12.2 Å². The fraction of sp³-hybridized carbons (Fsp3) is 0.467. The van der Waals surface area contributed by atoms with E-state index in [0.717, 1.165) is 0 Å². The highest BCUT2D eigenvalue weighted by Crippen LogP contribution is 2.14. The van der Waals surface area contributed by atoms with Gasteiger partial charge in [-0.1, -0.05) is 6.07 Å². The van der Waals surface area contributed by atoms with Crippen LogP contribution in [0.2, 0.25) is 0 Å². The average molecular weight is 311 g/mol. The minimum atomic E-state index is -0.289. The van der Waals surface area contributed by atoms with Crippen molar-refractivity contribution in [3.05, 3.63) is 29.6 Å². The van der Waals surface area contributed by atoms with Crippen molar-refractivity contribution in [3.63, 3.8) is 0 Å². The second kappa shape index (κ2) is 7.93. The van der Waals surface area contributed by atoms with E-state index in [0.29, 0.717) is 22.9 Å². The van der Waals surface area contributed by atoms with E-state index in [1.165, 1.54) is 6.07 Å². The molecule has 4 nitrogen and oxygen atoms in total. The summed E-state index contributed by atoms with van der Waals surface area (Å²) in [4.78, 5) is 13.5. The molecule has 0 heterocycles. The van der Waals surface area contributed by atoms with Crippen LogP contribution in [0.5, 0.6) is 0 Å². The number of rotatable bonds is 5. The lowest BCUT2D eigenvalue weighted by molar-refractivity contribution is -0.121. The van der Waals surface area contributed by atoms with Gasteiger partial charge in [0.15, 0.2) is 5.11 Å². The lowest BCUT2D eigenvalue weighted by Crippen LogP contribution is -2.44. The maximum absolute atomic E-state index is 13.5. The lowest BCUT2D eigenvalue weighted by Gasteiger charge is -2.24. The van der Waals surface area contributed by atoms with Gasteiger partial charge in [-0.05, 0) is 57.6 Å². The molecule has 116 valence electrons. The van der Waals surface area contributed by atoms with Gasteiger partial charge in [-0.15, -0.1) is 0 Å². The predicted molar refractivity (Wildman–Crippen MR) is 87.9 cm³/mol. The first-order valence-corrected chi connectivity index (χ1v) is 7.35. The molecule has 0 aliphatic heterocycles. The number of halogens is 1. The van der Waals surface area contributed by atoms with Crippen molar-refractivity contribution in [1.82, 2.24) is 10.2 Å². The Morgan fingerprint density at radius 3 is 2.62 bits per heavy atom. The SMILES string of the molecule is CCN(CC(=O)NC(C)C)C(=S)Nc1ccc(C)c(F)c1. The Kier molecular flexibility index (Phi) is 6.55. The lowest BCUT2D eigenvalue weighted by atomic mass is 10.2. The molecule has 0 aromatic heterocycles. The van der Waals surface area contributed by atoms with Crippen molar-refractivity contribution >= 4 is 28.9 Å². The van der Waals surface area contributed by atoms with Gasteiger partial charge >= 0.3 is 0 Å². The van der Waals surface area contributed by atoms with Crippen LogP contribution in [0.15, 0.2) is 18.2 Å². The van der Waals surface area contributed by atoms with Crippen molar-refractivity contribution in [2.24, 2.45) is 0 Å². The van der Waals surface area contributed by atoms with Gasteiger partial charge in [-0.25, -0.2) is 4.39 Å². The molecule has 0 aliphatic rings. The van der Waals surface area contributed by atoms with Crippen LogP contribution < -0.4 is 10.6 Å². The van der Waals surface area contributed by atoms with E-state index in [-0.39, 0.29) is 24.3 Å². The largest absolute Gasteiger partial charge is 0.352 e. The minimum Gasteiger partial charge on any atom is -0.352 e. The first-order chi connectivity index (χ1) is 9.83. The number of thiocarbonyl (C=S) groups is 1. The van der Waals surface area contributed by atoms with Gasteiger partial charge in [0, 0.05) is 18.3 Å². The topological polar surface area (TPSA) is 44.4 Å². The first-order valence-electron chi connectivity index (χ1n) is 6.95. The van der Waals surface area contributed by atoms with Crippen molar-refractivity contribution in [2.45, 2.75) is 33.7 Å². The van der Waals surface area contributed by atoms with Gasteiger partial charge < -0.3 is 15.5 Å². The molecule has 21 heavy (non-hydrogen) atoms. The number of carbonyl (C=O) groups excluding carboxylic acids is 1. The van der Waals surface area contributed by atoms with Gasteiger partial charge in [0.2, 0.25) is 5.91 Å². The molecule has 1 aromatic carbocycles. The van der Waals surface area contributed by atoms with E-state index in [1.54, 1.807) is 24.0 Å². The molecule has 2 N–H and O–H groups in total. The van der Waals surface area contributed by atoms with E-state index in [9.17, 15) is 9.18 Å². The number of amides is 1. The normalized spacial score (nSPS) is 10.4. The molecule has 0 radical (unpaired) electrons. The second-order valence-electron chi connectivity index (χ2n) is 5.13. The van der Waals surface area contributed by atoms with Gasteiger partial charge in [0.25, 0.3) is 0 Å². The zero-order chi connectivity index (χ0) is 16.0. The molecule has 1 amide bonds. The van der Waals surface area contributed by atoms with Crippen LogP contribution >= 0.6 is 12.2 Å². The van der Waals surface area contributed by atoms with Crippen LogP contribution in [0.1, 0.15) is 26.3 Å². The molecule has 0 spiro atoms. The number of nitrogens with one attached hydrogen (secondary N) is 2. The average Bonchev–Trinajstić information content (AvgIpc) is 2.39. The molecular weight excluding hydrogens is 289 g/mol. The number of hydrogen-bond donors (Lipinski definition) is 2. The standard InChI is InChI=1S/C15H22FN3OS/c1-5-19(9-14(20)17-10(2)3)15(21)18-12-7-6-11(4)13(16)8-12/h6-8,10H,5,9H2,1-4H3,(H,17,20)(H,18,21). The smallest absolute Gasteiger partial charge is 0.239 e. The fourth-order valence-electron chi connectivity index (χ4n) is 1.74. The number of aryl methyl sites for hydroxylation is 1. The molecule has 6 heteroatoms. The zero-order valence-electron chi connectivity index (χ0n) is 12.9. The van der Waals surface area contributed by atoms with E-state index >= 15 is 0 Å². The molecular formula is C15H22FN3OS. The summed E-state index contributed by atoms with van der Waals surface area (Å²) in [6, 6.07) is 4.92. The van der Waals surface area contributed by atoms with Crippen molar-refractivity contribution in [2.75, 3.05) is 18.4 Å². The molecule has 0 atom stereocenters. The highest BCUT2D eigenvalue weighted by molar-refractivity contribution is 7.80. The number of anilines is 1. The summed E-state index contributed by atoms with van der Waals surface area (Å²) in [7, 11) is 0. The summed E-state index contributed by atoms with van der Waals surface area (Å²) in [6.45, 7) is 8.18. The van der Waals surface area contributed by atoms with E-state index in [1.807, 2.05) is 20.8 Å². The van der Waals surface area contributed by atoms with Crippen LogP contribution in [0.3, 0.4) is 0 Å². The minimum absolute atomic E-state index is 0.0870. The quantitative estimate of drug-likeness (QED) is 0.821. The third-order valence-corrected chi connectivity index (χ3v) is 3.24. The van der Waals surface area contributed by atoms with E-state index < -0.39 is 0 Å². The first kappa shape index (κ1) is 17.4. The molecule has 1 rings (SSSR count). The third kappa shape index (κ3) is 5.67. The molecule has 0 fully saturated rings. The highest BCUT2D eigenvalue weighted by atomic mass is 32.1. The van der Waals surface area contributed by atoms with Crippen LogP contribution in [-0.2, 0) is 4.79 Å². The fourth-order valence-corrected chi connectivity index (χ4v) is 2.05. The van der Waals surface area contributed by atoms with Crippen LogP contribution in [0.25, 0.3) is 0 Å². The maximum Gasteiger partial charge on any atom is 0.239 e. The van der Waals surface area contributed by atoms with Gasteiger partial charge in [0.05, 0.1) is 6.54 Å². The van der Waals surface area contributed by atoms with E-state index in [2.05, 4.69) is 10.6 Å². The number of likely N-dealkylation sites (N-methyl/N-ethyl adjacent to an activating group) is 1. The Morgan fingerprint density at radius 1 is 1.43 bits per heavy atom. The van der Waals surface area contributed by atoms with Crippen LogP contribution in [0, 0.1) is 12.7 Å². The van der Waals surface area contributed by atoms with Gasteiger partial charge in [0.1, 0.15) is 5.82 Å². The van der Waals surface area contributed by atoms with Crippen molar-refractivity contribution < 1.29 is 9.18 Å².